The average molecular weight is 337 g/mol. The summed E-state index contributed by atoms with van der Waals surface area (Å²) in [4.78, 5) is 27.6. The molecule has 6 heteroatoms. The molecule has 0 saturated carbocycles. The molecule has 0 fully saturated rings. The van der Waals surface area contributed by atoms with Crippen molar-refractivity contribution in [2.24, 2.45) is 5.73 Å². The van der Waals surface area contributed by atoms with Crippen LogP contribution in [-0.4, -0.2) is 16.8 Å². The topological polar surface area (TPSA) is 85.1 Å². The summed E-state index contributed by atoms with van der Waals surface area (Å²) in [6.45, 7) is 0.458. The fourth-order valence-corrected chi connectivity index (χ4v) is 2.96. The molecule has 0 spiro atoms. The molecular formula is C18H15N3O2S. The summed E-state index contributed by atoms with van der Waals surface area (Å²) in [6, 6.07) is 16.5. The molecule has 0 atom stereocenters. The molecule has 120 valence electrons. The minimum absolute atomic E-state index is 0.213. The van der Waals surface area contributed by atoms with Crippen LogP contribution in [0.4, 0.5) is 0 Å². The number of nitrogens with zero attached hydrogens (tertiary/aromatic N) is 1. The first kappa shape index (κ1) is 15.9. The summed E-state index contributed by atoms with van der Waals surface area (Å²) in [5, 5.41) is 5.29. The molecule has 0 aliphatic heterocycles. The Labute approximate surface area is 143 Å². The van der Waals surface area contributed by atoms with Gasteiger partial charge in [0.25, 0.3) is 5.91 Å². The summed E-state index contributed by atoms with van der Waals surface area (Å²) in [6.07, 6.45) is 0. The van der Waals surface area contributed by atoms with Gasteiger partial charge in [0.15, 0.2) is 0 Å². The zero-order valence-electron chi connectivity index (χ0n) is 12.7. The van der Waals surface area contributed by atoms with Crippen molar-refractivity contribution in [1.82, 2.24) is 10.3 Å². The first-order chi connectivity index (χ1) is 11.6. The lowest BCUT2D eigenvalue weighted by Crippen LogP contribution is -2.23. The third-order valence-corrected chi connectivity index (χ3v) is 4.34. The van der Waals surface area contributed by atoms with Crippen LogP contribution in [0.25, 0.3) is 10.6 Å². The van der Waals surface area contributed by atoms with Crippen LogP contribution in [-0.2, 0) is 6.54 Å². The average Bonchev–Trinajstić information content (AvgIpc) is 3.11. The van der Waals surface area contributed by atoms with Crippen molar-refractivity contribution in [3.63, 3.8) is 0 Å². The minimum Gasteiger partial charge on any atom is -0.366 e. The monoisotopic (exact) mass is 337 g/mol. The second-order valence-electron chi connectivity index (χ2n) is 5.15. The first-order valence-corrected chi connectivity index (χ1v) is 8.19. The molecule has 0 aliphatic rings. The molecule has 3 rings (SSSR count). The van der Waals surface area contributed by atoms with Crippen molar-refractivity contribution < 1.29 is 9.59 Å². The number of aromatic nitrogens is 1. The van der Waals surface area contributed by atoms with E-state index >= 15 is 0 Å². The maximum absolute atomic E-state index is 12.2. The third-order valence-electron chi connectivity index (χ3n) is 3.45. The van der Waals surface area contributed by atoms with Crippen molar-refractivity contribution in [2.75, 3.05) is 0 Å². The Morgan fingerprint density at radius 2 is 1.75 bits per heavy atom. The quantitative estimate of drug-likeness (QED) is 0.751. The van der Waals surface area contributed by atoms with Gasteiger partial charge < -0.3 is 11.1 Å². The van der Waals surface area contributed by atoms with E-state index in [4.69, 9.17) is 5.73 Å². The van der Waals surface area contributed by atoms with Gasteiger partial charge in [0.05, 0.1) is 0 Å². The van der Waals surface area contributed by atoms with Crippen LogP contribution in [0.3, 0.4) is 0 Å². The van der Waals surface area contributed by atoms with Crippen molar-refractivity contribution in [1.29, 1.82) is 0 Å². The van der Waals surface area contributed by atoms with Crippen LogP contribution in [0.2, 0.25) is 0 Å². The van der Waals surface area contributed by atoms with Crippen molar-refractivity contribution in [2.45, 2.75) is 6.54 Å². The van der Waals surface area contributed by atoms with E-state index in [2.05, 4.69) is 10.3 Å². The Bertz CT molecular complexity index is 857. The SMILES string of the molecule is NC(=O)c1ccc(-c2nc(C(=O)NCc3ccccc3)cs2)cc1. The lowest BCUT2D eigenvalue weighted by atomic mass is 10.1. The maximum Gasteiger partial charge on any atom is 0.271 e. The summed E-state index contributed by atoms with van der Waals surface area (Å²) in [5.74, 6) is -0.684. The molecule has 0 aliphatic carbocycles. The molecule has 2 aromatic carbocycles. The summed E-state index contributed by atoms with van der Waals surface area (Å²) < 4.78 is 0. The van der Waals surface area contributed by atoms with Gasteiger partial charge in [0.1, 0.15) is 10.7 Å². The zero-order chi connectivity index (χ0) is 16.9. The van der Waals surface area contributed by atoms with Crippen LogP contribution in [0.15, 0.2) is 60.0 Å². The van der Waals surface area contributed by atoms with Crippen molar-refractivity contribution in [3.05, 3.63) is 76.8 Å². The second kappa shape index (κ2) is 7.06. The normalized spacial score (nSPS) is 10.3. The molecule has 1 aromatic heterocycles. The minimum atomic E-state index is -0.471. The molecule has 3 N–H and O–H groups in total. The Morgan fingerprint density at radius 1 is 1.04 bits per heavy atom. The van der Waals surface area contributed by atoms with Crippen LogP contribution >= 0.6 is 11.3 Å². The molecule has 0 bridgehead atoms. The van der Waals surface area contributed by atoms with Crippen LogP contribution in [0, 0.1) is 0 Å². The summed E-state index contributed by atoms with van der Waals surface area (Å²) in [7, 11) is 0. The summed E-state index contributed by atoms with van der Waals surface area (Å²) in [5.41, 5.74) is 7.91. The number of nitrogens with one attached hydrogen (secondary N) is 1. The Balaban J connectivity index is 1.68. The number of hydrogen-bond acceptors (Lipinski definition) is 4. The van der Waals surface area contributed by atoms with Gasteiger partial charge in [0, 0.05) is 23.1 Å². The van der Waals surface area contributed by atoms with Gasteiger partial charge in [-0.15, -0.1) is 11.3 Å². The molecule has 0 unspecified atom stereocenters. The van der Waals surface area contributed by atoms with Gasteiger partial charge in [-0.05, 0) is 17.7 Å². The van der Waals surface area contributed by atoms with E-state index in [1.54, 1.807) is 29.6 Å². The standard InChI is InChI=1S/C18H15N3O2S/c19-16(22)13-6-8-14(9-7-13)18-21-15(11-24-18)17(23)20-10-12-4-2-1-3-5-12/h1-9,11H,10H2,(H2,19,22)(H,20,23). The van der Waals surface area contributed by atoms with E-state index < -0.39 is 5.91 Å². The molecule has 1 heterocycles. The highest BCUT2D eigenvalue weighted by Crippen LogP contribution is 2.24. The van der Waals surface area contributed by atoms with E-state index in [-0.39, 0.29) is 5.91 Å². The van der Waals surface area contributed by atoms with Gasteiger partial charge in [-0.3, -0.25) is 9.59 Å². The smallest absolute Gasteiger partial charge is 0.271 e. The van der Waals surface area contributed by atoms with E-state index in [0.29, 0.717) is 17.8 Å². The zero-order valence-corrected chi connectivity index (χ0v) is 13.5. The van der Waals surface area contributed by atoms with E-state index in [1.807, 2.05) is 30.3 Å². The predicted octanol–water partition coefficient (Wildman–Crippen LogP) is 2.84. The number of thiazole rings is 1. The number of benzene rings is 2. The number of rotatable bonds is 5. The third kappa shape index (κ3) is 3.67. The van der Waals surface area contributed by atoms with Crippen molar-refractivity contribution >= 4 is 23.2 Å². The molecule has 2 amide bonds. The largest absolute Gasteiger partial charge is 0.366 e. The van der Waals surface area contributed by atoms with E-state index in [9.17, 15) is 9.59 Å². The van der Waals surface area contributed by atoms with E-state index in [1.165, 1.54) is 11.3 Å². The number of nitrogens with two attached hydrogens (primary N) is 1. The second-order valence-corrected chi connectivity index (χ2v) is 6.01. The van der Waals surface area contributed by atoms with E-state index in [0.717, 1.165) is 16.1 Å². The molecule has 5 nitrogen and oxygen atoms in total. The Hall–Kier alpha value is -2.99. The fourth-order valence-electron chi connectivity index (χ4n) is 2.16. The fraction of sp³-hybridized carbons (Fsp3) is 0.0556. The number of hydrogen-bond donors (Lipinski definition) is 2. The highest BCUT2D eigenvalue weighted by atomic mass is 32.1. The maximum atomic E-state index is 12.2. The van der Waals surface area contributed by atoms with Gasteiger partial charge in [-0.2, -0.15) is 0 Å². The van der Waals surface area contributed by atoms with Gasteiger partial charge >= 0.3 is 0 Å². The van der Waals surface area contributed by atoms with Crippen LogP contribution < -0.4 is 11.1 Å². The molecular weight excluding hydrogens is 322 g/mol. The highest BCUT2D eigenvalue weighted by Gasteiger charge is 2.12. The highest BCUT2D eigenvalue weighted by molar-refractivity contribution is 7.13. The van der Waals surface area contributed by atoms with Crippen LogP contribution in [0.1, 0.15) is 26.4 Å². The van der Waals surface area contributed by atoms with Gasteiger partial charge in [0.2, 0.25) is 5.91 Å². The number of carbonyl (C=O) groups excluding carboxylic acids is 2. The summed E-state index contributed by atoms with van der Waals surface area (Å²) >= 11 is 1.38. The molecule has 0 saturated heterocycles. The lowest BCUT2D eigenvalue weighted by molar-refractivity contribution is 0.0945. The van der Waals surface area contributed by atoms with Gasteiger partial charge in [-0.1, -0.05) is 42.5 Å². The first-order valence-electron chi connectivity index (χ1n) is 7.31. The number of primary amides is 1. The lowest BCUT2D eigenvalue weighted by Gasteiger charge is -2.03. The predicted molar refractivity (Wildman–Crippen MR) is 93.7 cm³/mol. The van der Waals surface area contributed by atoms with Crippen molar-refractivity contribution in [3.8, 4) is 10.6 Å². The number of carbonyl (C=O) groups is 2. The Kier molecular flexibility index (Phi) is 4.67. The molecule has 0 radical (unpaired) electrons. The molecule has 24 heavy (non-hydrogen) atoms. The molecule has 3 aromatic rings. The number of amides is 2. The van der Waals surface area contributed by atoms with Gasteiger partial charge in [-0.25, -0.2) is 4.98 Å². The van der Waals surface area contributed by atoms with Crippen LogP contribution in [0.5, 0.6) is 0 Å². The Morgan fingerprint density at radius 3 is 2.42 bits per heavy atom.